The van der Waals surface area contributed by atoms with Gasteiger partial charge in [-0.15, -0.1) is 11.3 Å². The van der Waals surface area contributed by atoms with E-state index in [1.54, 1.807) is 4.90 Å². The maximum atomic E-state index is 13.3. The molecule has 0 N–H and O–H groups in total. The highest BCUT2D eigenvalue weighted by Crippen LogP contribution is 2.36. The number of ether oxygens (including phenoxy) is 1. The van der Waals surface area contributed by atoms with Gasteiger partial charge < -0.3 is 9.64 Å². The number of benzene rings is 1. The highest BCUT2D eigenvalue weighted by molar-refractivity contribution is 7.21. The zero-order chi connectivity index (χ0) is 18.0. The number of esters is 1. The molecule has 1 aliphatic heterocycles. The molecule has 2 heterocycles. The highest BCUT2D eigenvalue weighted by Gasteiger charge is 2.27. The maximum absolute atomic E-state index is 13.3. The van der Waals surface area contributed by atoms with Gasteiger partial charge in [0.15, 0.2) is 6.61 Å². The largest absolute Gasteiger partial charge is 0.451 e. The number of hydrogen-bond donors (Lipinski definition) is 0. The molecule has 0 aliphatic carbocycles. The van der Waals surface area contributed by atoms with Crippen molar-refractivity contribution in [1.82, 2.24) is 4.90 Å². The Morgan fingerprint density at radius 2 is 2.20 bits per heavy atom. The molecule has 1 unspecified atom stereocenters. The standard InChI is InChI=1S/C18H19ClFNO3S/c1-2-12-5-3-4-8-21(12)15(22)10-24-18(23)17-16(19)13-7-6-11(20)9-14(13)25-17/h6-7,9,12H,2-5,8,10H2,1H3. The van der Waals surface area contributed by atoms with Crippen LogP contribution in [0.4, 0.5) is 4.39 Å². The van der Waals surface area contributed by atoms with Crippen LogP contribution in [-0.4, -0.2) is 36.0 Å². The van der Waals surface area contributed by atoms with Crippen LogP contribution in [0.2, 0.25) is 5.02 Å². The molecular formula is C18H19ClFNO3S. The summed E-state index contributed by atoms with van der Waals surface area (Å²) in [6.07, 6.45) is 3.98. The molecule has 1 aliphatic rings. The summed E-state index contributed by atoms with van der Waals surface area (Å²) >= 11 is 7.27. The molecule has 1 amide bonds. The lowest BCUT2D eigenvalue weighted by Crippen LogP contribution is -2.45. The van der Waals surface area contributed by atoms with Crippen LogP contribution in [0.15, 0.2) is 18.2 Å². The Bertz CT molecular complexity index is 807. The van der Waals surface area contributed by atoms with Gasteiger partial charge in [-0.2, -0.15) is 0 Å². The van der Waals surface area contributed by atoms with E-state index in [9.17, 15) is 14.0 Å². The number of hydrogen-bond acceptors (Lipinski definition) is 4. The van der Waals surface area contributed by atoms with E-state index in [2.05, 4.69) is 6.92 Å². The summed E-state index contributed by atoms with van der Waals surface area (Å²) in [6.45, 7) is 2.46. The summed E-state index contributed by atoms with van der Waals surface area (Å²) in [5.74, 6) is -1.22. The fraction of sp³-hybridized carbons (Fsp3) is 0.444. The molecule has 3 rings (SSSR count). The van der Waals surface area contributed by atoms with Gasteiger partial charge in [-0.25, -0.2) is 9.18 Å². The van der Waals surface area contributed by atoms with E-state index in [0.717, 1.165) is 37.0 Å². The molecule has 1 aromatic heterocycles. The normalized spacial score (nSPS) is 17.7. The third-order valence-corrected chi connectivity index (χ3v) is 6.16. The number of fused-ring (bicyclic) bond motifs is 1. The Morgan fingerprint density at radius 1 is 1.40 bits per heavy atom. The lowest BCUT2D eigenvalue weighted by Gasteiger charge is -2.35. The summed E-state index contributed by atoms with van der Waals surface area (Å²) < 4.78 is 19.1. The van der Waals surface area contributed by atoms with Gasteiger partial charge in [0, 0.05) is 22.7 Å². The Kier molecular flexibility index (Phi) is 5.59. The van der Waals surface area contributed by atoms with Gasteiger partial charge in [0.1, 0.15) is 10.7 Å². The highest BCUT2D eigenvalue weighted by atomic mass is 35.5. The third-order valence-electron chi connectivity index (χ3n) is 4.52. The zero-order valence-electron chi connectivity index (χ0n) is 13.9. The van der Waals surface area contributed by atoms with E-state index in [0.29, 0.717) is 16.6 Å². The molecule has 0 saturated carbocycles. The number of carbonyl (C=O) groups is 2. The van der Waals surface area contributed by atoms with E-state index >= 15 is 0 Å². The minimum Gasteiger partial charge on any atom is -0.451 e. The number of piperidine rings is 1. The molecule has 4 nitrogen and oxygen atoms in total. The van der Waals surface area contributed by atoms with Gasteiger partial charge in [0.05, 0.1) is 5.02 Å². The van der Waals surface area contributed by atoms with Crippen molar-refractivity contribution >= 4 is 44.9 Å². The van der Waals surface area contributed by atoms with E-state index in [4.69, 9.17) is 16.3 Å². The molecule has 2 aromatic rings. The molecule has 7 heteroatoms. The number of rotatable bonds is 4. The second kappa shape index (κ2) is 7.70. The van der Waals surface area contributed by atoms with Crippen LogP contribution in [0.1, 0.15) is 42.3 Å². The second-order valence-electron chi connectivity index (χ2n) is 6.11. The Morgan fingerprint density at radius 3 is 2.96 bits per heavy atom. The molecule has 1 atom stereocenters. The van der Waals surface area contributed by atoms with Crippen LogP contribution < -0.4 is 0 Å². The predicted octanol–water partition coefficient (Wildman–Crippen LogP) is 4.64. The Balaban J connectivity index is 1.68. The summed E-state index contributed by atoms with van der Waals surface area (Å²) in [7, 11) is 0. The first-order chi connectivity index (χ1) is 12.0. The van der Waals surface area contributed by atoms with Crippen LogP contribution in [-0.2, 0) is 9.53 Å². The Hall–Kier alpha value is -1.66. The summed E-state index contributed by atoms with van der Waals surface area (Å²) in [4.78, 5) is 26.7. The van der Waals surface area contributed by atoms with Crippen molar-refractivity contribution in [2.45, 2.75) is 38.6 Å². The lowest BCUT2D eigenvalue weighted by atomic mass is 10.00. The number of nitrogens with zero attached hydrogens (tertiary/aromatic N) is 1. The van der Waals surface area contributed by atoms with E-state index in [-0.39, 0.29) is 28.5 Å². The van der Waals surface area contributed by atoms with Gasteiger partial charge in [0.2, 0.25) is 0 Å². The molecule has 0 radical (unpaired) electrons. The van der Waals surface area contributed by atoms with Gasteiger partial charge in [-0.05, 0) is 43.9 Å². The first kappa shape index (κ1) is 18.1. The molecule has 0 spiro atoms. The van der Waals surface area contributed by atoms with Gasteiger partial charge >= 0.3 is 5.97 Å². The number of halogens is 2. The molecule has 1 saturated heterocycles. The molecular weight excluding hydrogens is 365 g/mol. The quantitative estimate of drug-likeness (QED) is 0.722. The number of likely N-dealkylation sites (tertiary alicyclic amines) is 1. The minimum atomic E-state index is -0.648. The minimum absolute atomic E-state index is 0.178. The molecule has 1 aromatic carbocycles. The van der Waals surface area contributed by atoms with Gasteiger partial charge in [0.25, 0.3) is 5.91 Å². The topological polar surface area (TPSA) is 46.6 Å². The molecule has 1 fully saturated rings. The molecule has 25 heavy (non-hydrogen) atoms. The lowest BCUT2D eigenvalue weighted by molar-refractivity contribution is -0.138. The number of carbonyl (C=O) groups excluding carboxylic acids is 2. The Labute approximate surface area is 154 Å². The van der Waals surface area contributed by atoms with Crippen molar-refractivity contribution in [2.75, 3.05) is 13.2 Å². The zero-order valence-corrected chi connectivity index (χ0v) is 15.5. The maximum Gasteiger partial charge on any atom is 0.350 e. The monoisotopic (exact) mass is 383 g/mol. The van der Waals surface area contributed by atoms with Crippen molar-refractivity contribution in [3.63, 3.8) is 0 Å². The first-order valence-electron chi connectivity index (χ1n) is 8.35. The fourth-order valence-corrected chi connectivity index (χ4v) is 4.63. The average Bonchev–Trinajstić information content (AvgIpc) is 2.95. The van der Waals surface area contributed by atoms with Crippen molar-refractivity contribution < 1.29 is 18.7 Å². The smallest absolute Gasteiger partial charge is 0.350 e. The van der Waals surface area contributed by atoms with Gasteiger partial charge in [-0.3, -0.25) is 4.79 Å². The first-order valence-corrected chi connectivity index (χ1v) is 9.54. The van der Waals surface area contributed by atoms with E-state index in [1.807, 2.05) is 0 Å². The molecule has 0 bridgehead atoms. The van der Waals surface area contributed by atoms with E-state index < -0.39 is 11.8 Å². The van der Waals surface area contributed by atoms with Crippen LogP contribution in [0.3, 0.4) is 0 Å². The number of thiophene rings is 1. The van der Waals surface area contributed by atoms with Gasteiger partial charge in [-0.1, -0.05) is 18.5 Å². The van der Waals surface area contributed by atoms with Crippen molar-refractivity contribution in [3.05, 3.63) is 33.9 Å². The van der Waals surface area contributed by atoms with Crippen LogP contribution in [0.25, 0.3) is 10.1 Å². The van der Waals surface area contributed by atoms with Crippen LogP contribution in [0.5, 0.6) is 0 Å². The van der Waals surface area contributed by atoms with Crippen LogP contribution >= 0.6 is 22.9 Å². The van der Waals surface area contributed by atoms with Crippen molar-refractivity contribution in [3.8, 4) is 0 Å². The van der Waals surface area contributed by atoms with Crippen molar-refractivity contribution in [1.29, 1.82) is 0 Å². The fourth-order valence-electron chi connectivity index (χ4n) is 3.20. The van der Waals surface area contributed by atoms with Crippen LogP contribution in [0, 0.1) is 5.82 Å². The summed E-state index contributed by atoms with van der Waals surface area (Å²) in [5.41, 5.74) is 0. The third kappa shape index (κ3) is 3.80. The number of amides is 1. The van der Waals surface area contributed by atoms with Crippen molar-refractivity contribution in [2.24, 2.45) is 0 Å². The SMILES string of the molecule is CCC1CCCCN1C(=O)COC(=O)c1sc2cc(F)ccc2c1Cl. The van der Waals surface area contributed by atoms with E-state index in [1.165, 1.54) is 18.2 Å². The second-order valence-corrected chi connectivity index (χ2v) is 7.54. The summed E-state index contributed by atoms with van der Waals surface area (Å²) in [6, 6.07) is 4.37. The predicted molar refractivity (Wildman–Crippen MR) is 96.7 cm³/mol. The average molecular weight is 384 g/mol. The summed E-state index contributed by atoms with van der Waals surface area (Å²) in [5, 5.41) is 0.843. The molecule has 134 valence electrons.